The molecule has 0 radical (unpaired) electrons. The van der Waals surface area contributed by atoms with Crippen molar-refractivity contribution in [3.8, 4) is 0 Å². The van der Waals surface area contributed by atoms with Crippen LogP contribution in [0.1, 0.15) is 6.42 Å². The van der Waals surface area contributed by atoms with Crippen molar-refractivity contribution in [2.45, 2.75) is 11.3 Å². The molecule has 0 N–H and O–H groups in total. The lowest BCUT2D eigenvalue weighted by Gasteiger charge is -2.29. The molecule has 1 saturated heterocycles. The Kier molecular flexibility index (Phi) is 7.16. The maximum atomic E-state index is 13.1. The number of hydrogen-bond donors (Lipinski definition) is 0. The van der Waals surface area contributed by atoms with E-state index in [1.165, 1.54) is 4.90 Å². The van der Waals surface area contributed by atoms with Gasteiger partial charge < -0.3 is 4.74 Å². The highest BCUT2D eigenvalue weighted by atomic mass is 32.2. The number of ether oxygens (including phenoxy) is 1. The van der Waals surface area contributed by atoms with Crippen molar-refractivity contribution >= 4 is 44.4 Å². The van der Waals surface area contributed by atoms with Gasteiger partial charge in [0.15, 0.2) is 5.13 Å². The largest absolute Gasteiger partial charge is 0.379 e. The molecule has 1 aliphatic heterocycles. The fraction of sp³-hybridized carbons (Fsp3) is 0.364. The van der Waals surface area contributed by atoms with Gasteiger partial charge in [0.1, 0.15) is 0 Å². The number of fused-ring (bicyclic) bond motifs is 1. The van der Waals surface area contributed by atoms with E-state index in [9.17, 15) is 4.79 Å². The number of amides is 1. The van der Waals surface area contributed by atoms with Crippen LogP contribution in [0.25, 0.3) is 10.2 Å². The fourth-order valence-electron chi connectivity index (χ4n) is 3.28. The number of anilines is 1. The third-order valence-corrected chi connectivity index (χ3v) is 6.96. The van der Waals surface area contributed by atoms with Gasteiger partial charge in [-0.25, -0.2) is 4.98 Å². The van der Waals surface area contributed by atoms with Gasteiger partial charge in [-0.15, -0.1) is 11.8 Å². The molecule has 5 nitrogen and oxygen atoms in total. The predicted octanol–water partition coefficient (Wildman–Crippen LogP) is 4.14. The highest BCUT2D eigenvalue weighted by Crippen LogP contribution is 2.29. The van der Waals surface area contributed by atoms with Crippen molar-refractivity contribution in [1.29, 1.82) is 0 Å². The number of rotatable bonds is 8. The first kappa shape index (κ1) is 20.3. The lowest BCUT2D eigenvalue weighted by Crippen LogP contribution is -2.43. The summed E-state index contributed by atoms with van der Waals surface area (Å²) < 4.78 is 6.55. The van der Waals surface area contributed by atoms with E-state index in [1.807, 2.05) is 41.3 Å². The minimum Gasteiger partial charge on any atom is -0.379 e. The zero-order chi connectivity index (χ0) is 19.9. The molecule has 0 bridgehead atoms. The summed E-state index contributed by atoms with van der Waals surface area (Å²) in [6.07, 6.45) is 0.499. The normalized spacial score (nSPS) is 14.9. The van der Waals surface area contributed by atoms with Gasteiger partial charge in [0.2, 0.25) is 5.91 Å². The Morgan fingerprint density at radius 2 is 1.86 bits per heavy atom. The SMILES string of the molecule is O=C(CCSc1ccccc1)N(CCN1CCOCC1)c1nc2ccccc2s1. The minimum atomic E-state index is 0.140. The third kappa shape index (κ3) is 5.57. The van der Waals surface area contributed by atoms with Crippen molar-refractivity contribution in [3.05, 3.63) is 54.6 Å². The minimum absolute atomic E-state index is 0.140. The molecule has 4 rings (SSSR count). The molecule has 0 spiro atoms. The van der Waals surface area contributed by atoms with Crippen LogP contribution >= 0.6 is 23.1 Å². The summed E-state index contributed by atoms with van der Waals surface area (Å²) in [4.78, 5) is 23.3. The van der Waals surface area contributed by atoms with Crippen LogP contribution in [0.4, 0.5) is 5.13 Å². The summed E-state index contributed by atoms with van der Waals surface area (Å²) in [6.45, 7) is 4.88. The summed E-state index contributed by atoms with van der Waals surface area (Å²) in [5.41, 5.74) is 0.954. The number of carbonyl (C=O) groups is 1. The predicted molar refractivity (Wildman–Crippen MR) is 121 cm³/mol. The number of carbonyl (C=O) groups excluding carboxylic acids is 1. The molecular formula is C22H25N3O2S2. The Bertz CT molecular complexity index is 893. The monoisotopic (exact) mass is 427 g/mol. The number of thiazole rings is 1. The second-order valence-corrected chi connectivity index (χ2v) is 9.05. The number of benzene rings is 2. The number of para-hydroxylation sites is 1. The van der Waals surface area contributed by atoms with E-state index in [0.717, 1.165) is 53.9 Å². The van der Waals surface area contributed by atoms with Crippen LogP contribution in [0.3, 0.4) is 0 Å². The van der Waals surface area contributed by atoms with Gasteiger partial charge in [-0.3, -0.25) is 14.6 Å². The summed E-state index contributed by atoms with van der Waals surface area (Å²) in [5, 5.41) is 0.800. The number of nitrogens with zero attached hydrogens (tertiary/aromatic N) is 3. The van der Waals surface area contributed by atoms with Gasteiger partial charge in [0.25, 0.3) is 0 Å². The van der Waals surface area contributed by atoms with Crippen LogP contribution in [0.15, 0.2) is 59.5 Å². The Labute approximate surface area is 179 Å². The Morgan fingerprint density at radius 1 is 1.10 bits per heavy atom. The van der Waals surface area contributed by atoms with Crippen molar-refractivity contribution < 1.29 is 9.53 Å². The van der Waals surface area contributed by atoms with Crippen LogP contribution in [0.2, 0.25) is 0 Å². The van der Waals surface area contributed by atoms with Crippen LogP contribution in [-0.2, 0) is 9.53 Å². The standard InChI is InChI=1S/C22H25N3O2S2/c26-21(10-17-28-18-6-2-1-3-7-18)25(12-11-24-13-15-27-16-14-24)22-23-19-8-4-5-9-20(19)29-22/h1-9H,10-17H2. The zero-order valence-corrected chi connectivity index (χ0v) is 18.0. The average molecular weight is 428 g/mol. The molecule has 0 saturated carbocycles. The smallest absolute Gasteiger partial charge is 0.229 e. The van der Waals surface area contributed by atoms with Gasteiger partial charge >= 0.3 is 0 Å². The molecule has 0 aliphatic carbocycles. The summed E-state index contributed by atoms with van der Waals surface area (Å²) in [6, 6.07) is 18.3. The molecule has 7 heteroatoms. The van der Waals surface area contributed by atoms with Crippen molar-refractivity contribution in [1.82, 2.24) is 9.88 Å². The van der Waals surface area contributed by atoms with E-state index in [1.54, 1.807) is 23.1 Å². The Morgan fingerprint density at radius 3 is 2.66 bits per heavy atom. The van der Waals surface area contributed by atoms with Crippen LogP contribution in [-0.4, -0.2) is 60.9 Å². The maximum Gasteiger partial charge on any atom is 0.229 e. The van der Waals surface area contributed by atoms with Crippen LogP contribution in [0.5, 0.6) is 0 Å². The van der Waals surface area contributed by atoms with E-state index in [-0.39, 0.29) is 5.91 Å². The van der Waals surface area contributed by atoms with Gasteiger partial charge in [-0.1, -0.05) is 41.7 Å². The van der Waals surface area contributed by atoms with Crippen LogP contribution < -0.4 is 4.90 Å². The van der Waals surface area contributed by atoms with Crippen LogP contribution in [0, 0.1) is 0 Å². The topological polar surface area (TPSA) is 45.7 Å². The fourth-order valence-corrected chi connectivity index (χ4v) is 5.15. The molecule has 1 fully saturated rings. The highest BCUT2D eigenvalue weighted by molar-refractivity contribution is 7.99. The molecule has 152 valence electrons. The van der Waals surface area contributed by atoms with Crippen molar-refractivity contribution in [2.24, 2.45) is 0 Å². The lowest BCUT2D eigenvalue weighted by molar-refractivity contribution is -0.118. The van der Waals surface area contributed by atoms with E-state index >= 15 is 0 Å². The molecule has 2 aromatic carbocycles. The first-order valence-electron chi connectivity index (χ1n) is 9.93. The summed E-state index contributed by atoms with van der Waals surface area (Å²) >= 11 is 3.32. The summed E-state index contributed by atoms with van der Waals surface area (Å²) in [5.74, 6) is 0.905. The molecule has 0 atom stereocenters. The Balaban J connectivity index is 1.43. The van der Waals surface area contributed by atoms with Gasteiger partial charge in [0, 0.05) is 43.2 Å². The van der Waals surface area contributed by atoms with E-state index < -0.39 is 0 Å². The second kappa shape index (κ2) is 10.2. The molecule has 1 amide bonds. The number of aromatic nitrogens is 1. The van der Waals surface area contributed by atoms with Gasteiger partial charge in [-0.2, -0.15) is 0 Å². The highest BCUT2D eigenvalue weighted by Gasteiger charge is 2.21. The summed E-state index contributed by atoms with van der Waals surface area (Å²) in [7, 11) is 0. The van der Waals surface area contributed by atoms with E-state index in [0.29, 0.717) is 13.0 Å². The lowest BCUT2D eigenvalue weighted by atomic mass is 10.3. The van der Waals surface area contributed by atoms with Gasteiger partial charge in [0.05, 0.1) is 23.4 Å². The maximum absolute atomic E-state index is 13.1. The molecule has 2 heterocycles. The quantitative estimate of drug-likeness (QED) is 0.506. The average Bonchev–Trinajstić information content (AvgIpc) is 3.19. The number of morpholine rings is 1. The Hall–Kier alpha value is -1.93. The van der Waals surface area contributed by atoms with Crippen molar-refractivity contribution in [3.63, 3.8) is 0 Å². The van der Waals surface area contributed by atoms with E-state index in [2.05, 4.69) is 23.1 Å². The zero-order valence-electron chi connectivity index (χ0n) is 16.3. The van der Waals surface area contributed by atoms with Crippen molar-refractivity contribution in [2.75, 3.05) is 50.0 Å². The first-order chi connectivity index (χ1) is 14.3. The molecule has 29 heavy (non-hydrogen) atoms. The molecule has 1 aromatic heterocycles. The number of hydrogen-bond acceptors (Lipinski definition) is 6. The van der Waals surface area contributed by atoms with E-state index in [4.69, 9.17) is 9.72 Å². The molecule has 1 aliphatic rings. The molecule has 0 unspecified atom stereocenters. The molecular weight excluding hydrogens is 402 g/mol. The van der Waals surface area contributed by atoms with Gasteiger partial charge in [-0.05, 0) is 24.3 Å². The molecule has 3 aromatic rings. The second-order valence-electron chi connectivity index (χ2n) is 6.88. The first-order valence-corrected chi connectivity index (χ1v) is 11.7. The number of thioether (sulfide) groups is 1. The third-order valence-electron chi connectivity index (χ3n) is 4.89.